The van der Waals surface area contributed by atoms with E-state index >= 15 is 0 Å². The highest BCUT2D eigenvalue weighted by Crippen LogP contribution is 2.47. The van der Waals surface area contributed by atoms with E-state index in [1.54, 1.807) is 6.92 Å². The van der Waals surface area contributed by atoms with Crippen LogP contribution in [0.5, 0.6) is 0 Å². The Balaban J connectivity index is 3.50. The summed E-state index contributed by atoms with van der Waals surface area (Å²) in [5.74, 6) is -0.349. The Kier molecular flexibility index (Phi) is 8.98. The average Bonchev–Trinajstić information content (AvgIpc) is 2.36. The van der Waals surface area contributed by atoms with E-state index in [0.29, 0.717) is 18.3 Å². The van der Waals surface area contributed by atoms with Gasteiger partial charge in [-0.2, -0.15) is 0 Å². The molecular weight excluding hydrogens is 255 g/mol. The molecule has 0 aliphatic carbocycles. The quantitative estimate of drug-likeness (QED) is 0.266. The van der Waals surface area contributed by atoms with Crippen molar-refractivity contribution in [3.63, 3.8) is 0 Å². The summed E-state index contributed by atoms with van der Waals surface area (Å²) < 4.78 is 26.3. The number of ether oxygens (including phenoxy) is 1. The van der Waals surface area contributed by atoms with Crippen LogP contribution in [0.3, 0.4) is 0 Å². The highest BCUT2D eigenvalue weighted by Gasteiger charge is 2.19. The number of esters is 1. The lowest BCUT2D eigenvalue weighted by atomic mass is 10.2. The van der Waals surface area contributed by atoms with Gasteiger partial charge in [-0.05, 0) is 19.8 Å². The van der Waals surface area contributed by atoms with Crippen LogP contribution in [0.1, 0.15) is 32.6 Å². The fraction of sp³-hybridized carbons (Fsp3) is 0.750. The summed E-state index contributed by atoms with van der Waals surface area (Å²) in [6, 6.07) is 0. The zero-order valence-electron chi connectivity index (χ0n) is 11.4. The second-order valence-electron chi connectivity index (χ2n) is 4.03. The molecule has 0 aliphatic heterocycles. The zero-order chi connectivity index (χ0) is 14.0. The van der Waals surface area contributed by atoms with Crippen LogP contribution in [-0.4, -0.2) is 33.0 Å². The second-order valence-corrected chi connectivity index (χ2v) is 6.43. The number of hydrogen-bond donors (Lipinski definition) is 0. The highest BCUT2D eigenvalue weighted by molar-refractivity contribution is 7.53. The topological polar surface area (TPSA) is 61.8 Å². The van der Waals surface area contributed by atoms with Crippen molar-refractivity contribution in [1.29, 1.82) is 0 Å². The summed E-state index contributed by atoms with van der Waals surface area (Å²) in [6.45, 7) is 5.52. The third-order valence-corrected chi connectivity index (χ3v) is 4.44. The van der Waals surface area contributed by atoms with Gasteiger partial charge < -0.3 is 13.8 Å². The van der Waals surface area contributed by atoms with Crippen LogP contribution < -0.4 is 0 Å². The van der Waals surface area contributed by atoms with Gasteiger partial charge in [0.2, 0.25) is 0 Å². The van der Waals surface area contributed by atoms with Gasteiger partial charge in [0.25, 0.3) is 0 Å². The normalized spacial score (nSPS) is 11.3. The van der Waals surface area contributed by atoms with Crippen LogP contribution >= 0.6 is 7.60 Å². The molecule has 0 N–H and O–H groups in total. The Hall–Kier alpha value is -0.640. The van der Waals surface area contributed by atoms with Crippen molar-refractivity contribution in [1.82, 2.24) is 0 Å². The fourth-order valence-corrected chi connectivity index (χ4v) is 2.43. The number of rotatable bonds is 10. The van der Waals surface area contributed by atoms with Gasteiger partial charge in [-0.25, -0.2) is 4.79 Å². The third kappa shape index (κ3) is 7.64. The van der Waals surface area contributed by atoms with Gasteiger partial charge in [-0.3, -0.25) is 4.57 Å². The summed E-state index contributed by atoms with van der Waals surface area (Å²) in [6.07, 6.45) is 3.81. The number of hydrogen-bond acceptors (Lipinski definition) is 5. The molecule has 0 unspecified atom stereocenters. The SMILES string of the molecule is C=C(C)C(=O)OCCCCCCP(=O)(OC)OC. The molecule has 0 atom stereocenters. The van der Waals surface area contributed by atoms with Gasteiger partial charge in [-0.1, -0.05) is 19.4 Å². The molecule has 0 radical (unpaired) electrons. The van der Waals surface area contributed by atoms with Crippen LogP contribution in [-0.2, 0) is 23.1 Å². The molecule has 106 valence electrons. The van der Waals surface area contributed by atoms with E-state index < -0.39 is 7.60 Å². The lowest BCUT2D eigenvalue weighted by Crippen LogP contribution is -2.06. The number of carbonyl (C=O) groups excluding carboxylic acids is 1. The largest absolute Gasteiger partial charge is 0.462 e. The molecule has 0 amide bonds. The first kappa shape index (κ1) is 17.4. The summed E-state index contributed by atoms with van der Waals surface area (Å²) in [5, 5.41) is 0. The summed E-state index contributed by atoms with van der Waals surface area (Å²) in [4.78, 5) is 11.0. The van der Waals surface area contributed by atoms with Crippen molar-refractivity contribution in [2.24, 2.45) is 0 Å². The summed E-state index contributed by atoms with van der Waals surface area (Å²) in [7, 11) is -0.0820. The van der Waals surface area contributed by atoms with Gasteiger partial charge in [0.15, 0.2) is 0 Å². The Labute approximate surface area is 109 Å². The van der Waals surface area contributed by atoms with Crippen molar-refractivity contribution in [2.75, 3.05) is 27.0 Å². The van der Waals surface area contributed by atoms with Gasteiger partial charge in [0.1, 0.15) is 0 Å². The molecule has 0 heterocycles. The van der Waals surface area contributed by atoms with E-state index in [4.69, 9.17) is 13.8 Å². The van der Waals surface area contributed by atoms with Crippen molar-refractivity contribution in [3.8, 4) is 0 Å². The van der Waals surface area contributed by atoms with Gasteiger partial charge in [-0.15, -0.1) is 0 Å². The monoisotopic (exact) mass is 278 g/mol. The van der Waals surface area contributed by atoms with Crippen LogP contribution in [0, 0.1) is 0 Å². The Morgan fingerprint density at radius 1 is 1.11 bits per heavy atom. The molecule has 6 heteroatoms. The van der Waals surface area contributed by atoms with Gasteiger partial charge >= 0.3 is 13.6 Å². The van der Waals surface area contributed by atoms with E-state index in [2.05, 4.69) is 6.58 Å². The third-order valence-electron chi connectivity index (χ3n) is 2.46. The van der Waals surface area contributed by atoms with E-state index in [-0.39, 0.29) is 5.97 Å². The maximum atomic E-state index is 11.7. The van der Waals surface area contributed by atoms with Crippen LogP contribution in [0.15, 0.2) is 12.2 Å². The van der Waals surface area contributed by atoms with Crippen LogP contribution in [0.4, 0.5) is 0 Å². The molecule has 5 nitrogen and oxygen atoms in total. The number of carbonyl (C=O) groups is 1. The number of unbranched alkanes of at least 4 members (excludes halogenated alkanes) is 3. The molecule has 0 spiro atoms. The maximum Gasteiger partial charge on any atom is 0.333 e. The molecule has 0 fully saturated rings. The van der Waals surface area contributed by atoms with E-state index in [0.717, 1.165) is 25.7 Å². The first-order chi connectivity index (χ1) is 8.45. The lowest BCUT2D eigenvalue weighted by molar-refractivity contribution is -0.139. The molecule has 0 saturated heterocycles. The molecule has 0 saturated carbocycles. The van der Waals surface area contributed by atoms with E-state index in [1.807, 2.05) is 0 Å². The molecule has 0 aromatic heterocycles. The standard InChI is InChI=1S/C12H23O5P/c1-11(2)12(13)17-9-7-5-6-8-10-18(14,15-3)16-4/h1,5-10H2,2-4H3. The Morgan fingerprint density at radius 2 is 1.67 bits per heavy atom. The predicted molar refractivity (Wildman–Crippen MR) is 70.7 cm³/mol. The van der Waals surface area contributed by atoms with E-state index in [9.17, 15) is 9.36 Å². The van der Waals surface area contributed by atoms with Crippen molar-refractivity contribution >= 4 is 13.6 Å². The second kappa shape index (κ2) is 9.31. The molecule has 18 heavy (non-hydrogen) atoms. The molecule has 0 rings (SSSR count). The predicted octanol–water partition coefficient (Wildman–Crippen LogP) is 3.15. The van der Waals surface area contributed by atoms with E-state index in [1.165, 1.54) is 14.2 Å². The summed E-state index contributed by atoms with van der Waals surface area (Å²) >= 11 is 0. The molecule has 0 aromatic carbocycles. The summed E-state index contributed by atoms with van der Waals surface area (Å²) in [5.41, 5.74) is 0.413. The van der Waals surface area contributed by atoms with Crippen molar-refractivity contribution in [2.45, 2.75) is 32.6 Å². The minimum Gasteiger partial charge on any atom is -0.462 e. The molecule has 0 aromatic rings. The zero-order valence-corrected chi connectivity index (χ0v) is 12.3. The smallest absolute Gasteiger partial charge is 0.333 e. The molecule has 0 aliphatic rings. The highest BCUT2D eigenvalue weighted by atomic mass is 31.2. The Morgan fingerprint density at radius 3 is 2.17 bits per heavy atom. The van der Waals surface area contributed by atoms with Crippen molar-refractivity contribution in [3.05, 3.63) is 12.2 Å². The maximum absolute atomic E-state index is 11.7. The average molecular weight is 278 g/mol. The van der Waals surface area contributed by atoms with Gasteiger partial charge in [0, 0.05) is 19.8 Å². The lowest BCUT2D eigenvalue weighted by Gasteiger charge is -2.12. The van der Waals surface area contributed by atoms with Crippen LogP contribution in [0.2, 0.25) is 0 Å². The molecular formula is C12H23O5P. The first-order valence-electron chi connectivity index (χ1n) is 5.98. The van der Waals surface area contributed by atoms with Crippen LogP contribution in [0.25, 0.3) is 0 Å². The van der Waals surface area contributed by atoms with Crippen molar-refractivity contribution < 1.29 is 23.1 Å². The Bertz CT molecular complexity index is 306. The van der Waals surface area contributed by atoms with Gasteiger partial charge in [0.05, 0.1) is 12.8 Å². The fourth-order valence-electron chi connectivity index (χ4n) is 1.31. The first-order valence-corrected chi connectivity index (χ1v) is 7.71. The minimum absolute atomic E-state index is 0.349. The minimum atomic E-state index is -2.86. The molecule has 0 bridgehead atoms.